The molecule has 1 saturated heterocycles. The van der Waals surface area contributed by atoms with Crippen molar-refractivity contribution in [3.63, 3.8) is 0 Å². The molecule has 7 heteroatoms. The van der Waals surface area contributed by atoms with E-state index in [9.17, 15) is 4.79 Å². The van der Waals surface area contributed by atoms with Gasteiger partial charge in [0.05, 0.1) is 5.56 Å². The van der Waals surface area contributed by atoms with Gasteiger partial charge < -0.3 is 10.6 Å². The fourth-order valence-electron chi connectivity index (χ4n) is 3.76. The van der Waals surface area contributed by atoms with Gasteiger partial charge in [0.15, 0.2) is 0 Å². The zero-order valence-electron chi connectivity index (χ0n) is 17.0. The van der Waals surface area contributed by atoms with Crippen molar-refractivity contribution in [2.75, 3.05) is 23.7 Å². The van der Waals surface area contributed by atoms with Gasteiger partial charge in [0.1, 0.15) is 11.0 Å². The summed E-state index contributed by atoms with van der Waals surface area (Å²) in [6.07, 6.45) is 1.94. The summed E-state index contributed by atoms with van der Waals surface area (Å²) in [5.74, 6) is 0.254. The van der Waals surface area contributed by atoms with Crippen LogP contribution >= 0.6 is 23.2 Å². The highest BCUT2D eigenvalue weighted by atomic mass is 35.5. The lowest BCUT2D eigenvalue weighted by molar-refractivity contribution is 0.102. The molecule has 0 spiro atoms. The normalized spacial score (nSPS) is 14.9. The number of carbonyl (C=O) groups excluding carboxylic acids is 1. The van der Waals surface area contributed by atoms with Crippen LogP contribution in [0.1, 0.15) is 28.8 Å². The lowest BCUT2D eigenvalue weighted by Crippen LogP contribution is -2.39. The van der Waals surface area contributed by atoms with Crippen molar-refractivity contribution >= 4 is 40.6 Å². The first kappa shape index (κ1) is 21.6. The van der Waals surface area contributed by atoms with Crippen molar-refractivity contribution in [3.8, 4) is 0 Å². The number of rotatable bonds is 6. The van der Waals surface area contributed by atoms with Crippen LogP contribution in [0.4, 0.5) is 11.5 Å². The Labute approximate surface area is 192 Å². The first-order chi connectivity index (χ1) is 15.1. The Balaban J connectivity index is 1.39. The molecule has 0 atom stereocenters. The molecule has 1 aromatic heterocycles. The fourth-order valence-corrected chi connectivity index (χ4v) is 4.10. The molecular weight excluding hydrogens is 431 g/mol. The van der Waals surface area contributed by atoms with Crippen LogP contribution in [0.15, 0.2) is 66.7 Å². The molecule has 0 aliphatic carbocycles. The third-order valence-corrected chi connectivity index (χ3v) is 5.81. The molecule has 3 aromatic rings. The second-order valence-electron chi connectivity index (χ2n) is 7.67. The van der Waals surface area contributed by atoms with Crippen molar-refractivity contribution in [2.45, 2.75) is 25.4 Å². The first-order valence-electron chi connectivity index (χ1n) is 10.3. The zero-order valence-corrected chi connectivity index (χ0v) is 18.5. The number of nitrogens with one attached hydrogen (secondary N) is 2. The van der Waals surface area contributed by atoms with Crippen LogP contribution in [0.2, 0.25) is 10.2 Å². The first-order valence-corrected chi connectivity index (χ1v) is 11.1. The average molecular weight is 455 g/mol. The van der Waals surface area contributed by atoms with Crippen LogP contribution < -0.4 is 10.6 Å². The maximum Gasteiger partial charge on any atom is 0.259 e. The lowest BCUT2D eigenvalue weighted by Gasteiger charge is -2.33. The number of anilines is 2. The molecule has 5 nitrogen and oxygen atoms in total. The standard InChI is InChI=1S/C24H24Cl2N4O/c25-18-7-4-8-20(15-18)28-24(31)21-9-10-22(26)29-23(21)27-19-11-13-30(14-12-19)16-17-5-2-1-3-6-17/h1-10,15,19H,11-14,16H2,(H,27,29)(H,28,31). The summed E-state index contributed by atoms with van der Waals surface area (Å²) in [7, 11) is 0. The van der Waals surface area contributed by atoms with Gasteiger partial charge in [-0.25, -0.2) is 4.98 Å². The highest BCUT2D eigenvalue weighted by Gasteiger charge is 2.22. The Morgan fingerprint density at radius 1 is 1.00 bits per heavy atom. The Hall–Kier alpha value is -2.60. The van der Waals surface area contributed by atoms with E-state index in [1.807, 2.05) is 6.07 Å². The second kappa shape index (κ2) is 10.1. The topological polar surface area (TPSA) is 57.3 Å². The zero-order chi connectivity index (χ0) is 21.6. The fraction of sp³-hybridized carbons (Fsp3) is 0.250. The summed E-state index contributed by atoms with van der Waals surface area (Å²) in [6.45, 7) is 2.92. The maximum absolute atomic E-state index is 12.9. The Bertz CT molecular complexity index is 1040. The number of hydrogen-bond acceptors (Lipinski definition) is 4. The van der Waals surface area contributed by atoms with Crippen molar-refractivity contribution in [1.29, 1.82) is 0 Å². The van der Waals surface area contributed by atoms with E-state index >= 15 is 0 Å². The quantitative estimate of drug-likeness (QED) is 0.467. The summed E-state index contributed by atoms with van der Waals surface area (Å²) < 4.78 is 0. The molecule has 1 fully saturated rings. The van der Waals surface area contributed by atoms with Gasteiger partial charge in [-0.3, -0.25) is 9.69 Å². The van der Waals surface area contributed by atoms with Crippen LogP contribution in [-0.4, -0.2) is 34.9 Å². The van der Waals surface area contributed by atoms with E-state index in [2.05, 4.69) is 44.8 Å². The number of aromatic nitrogens is 1. The number of nitrogens with zero attached hydrogens (tertiary/aromatic N) is 2. The van der Waals surface area contributed by atoms with Crippen molar-refractivity contribution in [2.24, 2.45) is 0 Å². The van der Waals surface area contributed by atoms with E-state index in [-0.39, 0.29) is 11.9 Å². The molecule has 2 heterocycles. The molecule has 2 aromatic carbocycles. The molecule has 1 aliphatic heterocycles. The highest BCUT2D eigenvalue weighted by molar-refractivity contribution is 6.31. The third kappa shape index (κ3) is 5.97. The van der Waals surface area contributed by atoms with Gasteiger partial charge in [0.2, 0.25) is 0 Å². The number of halogens is 2. The number of benzene rings is 2. The Kier molecular flexibility index (Phi) is 7.07. The molecule has 0 saturated carbocycles. The number of pyridine rings is 1. The summed E-state index contributed by atoms with van der Waals surface area (Å²) in [5, 5.41) is 7.23. The van der Waals surface area contributed by atoms with E-state index in [0.717, 1.165) is 32.5 Å². The van der Waals surface area contributed by atoms with Crippen LogP contribution in [0, 0.1) is 0 Å². The summed E-state index contributed by atoms with van der Waals surface area (Å²) in [4.78, 5) is 19.7. The minimum Gasteiger partial charge on any atom is -0.367 e. The van der Waals surface area contributed by atoms with Gasteiger partial charge in [0.25, 0.3) is 5.91 Å². The number of hydrogen-bond donors (Lipinski definition) is 2. The van der Waals surface area contributed by atoms with E-state index in [0.29, 0.717) is 27.2 Å². The van der Waals surface area contributed by atoms with Gasteiger partial charge in [-0.2, -0.15) is 0 Å². The molecule has 0 bridgehead atoms. The third-order valence-electron chi connectivity index (χ3n) is 5.37. The largest absolute Gasteiger partial charge is 0.367 e. The number of piperidine rings is 1. The van der Waals surface area contributed by atoms with Crippen LogP contribution in [0.3, 0.4) is 0 Å². The van der Waals surface area contributed by atoms with Crippen molar-refractivity contribution in [3.05, 3.63) is 88.0 Å². The monoisotopic (exact) mass is 454 g/mol. The molecule has 1 amide bonds. The maximum atomic E-state index is 12.9. The van der Waals surface area contributed by atoms with Gasteiger partial charge in [-0.1, -0.05) is 59.6 Å². The molecule has 0 radical (unpaired) electrons. The smallest absolute Gasteiger partial charge is 0.259 e. The minimum absolute atomic E-state index is 0.232. The van der Waals surface area contributed by atoms with Gasteiger partial charge in [-0.05, 0) is 48.7 Å². The molecule has 1 aliphatic rings. The van der Waals surface area contributed by atoms with E-state index < -0.39 is 0 Å². The van der Waals surface area contributed by atoms with Crippen LogP contribution in [-0.2, 0) is 6.54 Å². The highest BCUT2D eigenvalue weighted by Crippen LogP contribution is 2.23. The van der Waals surface area contributed by atoms with Crippen LogP contribution in [0.5, 0.6) is 0 Å². The van der Waals surface area contributed by atoms with E-state index in [1.54, 1.807) is 36.4 Å². The van der Waals surface area contributed by atoms with Gasteiger partial charge in [0, 0.05) is 36.4 Å². The molecular formula is C24H24Cl2N4O. The van der Waals surface area contributed by atoms with E-state index in [4.69, 9.17) is 23.2 Å². The molecule has 2 N–H and O–H groups in total. The number of amides is 1. The van der Waals surface area contributed by atoms with Crippen LogP contribution in [0.25, 0.3) is 0 Å². The summed E-state index contributed by atoms with van der Waals surface area (Å²) in [6, 6.07) is 21.1. The predicted molar refractivity (Wildman–Crippen MR) is 127 cm³/mol. The van der Waals surface area contributed by atoms with Crippen molar-refractivity contribution in [1.82, 2.24) is 9.88 Å². The molecule has 4 rings (SSSR count). The second-order valence-corrected chi connectivity index (χ2v) is 8.50. The lowest BCUT2D eigenvalue weighted by atomic mass is 10.0. The Morgan fingerprint density at radius 3 is 2.52 bits per heavy atom. The SMILES string of the molecule is O=C(Nc1cccc(Cl)c1)c1ccc(Cl)nc1NC1CCN(Cc2ccccc2)CC1. The predicted octanol–water partition coefficient (Wildman–Crippen LogP) is 5.72. The summed E-state index contributed by atoms with van der Waals surface area (Å²) in [5.41, 5.74) is 2.41. The Morgan fingerprint density at radius 2 is 1.77 bits per heavy atom. The van der Waals surface area contributed by atoms with Crippen molar-refractivity contribution < 1.29 is 4.79 Å². The molecule has 31 heavy (non-hydrogen) atoms. The molecule has 160 valence electrons. The number of likely N-dealkylation sites (tertiary alicyclic amines) is 1. The molecule has 0 unspecified atom stereocenters. The number of carbonyl (C=O) groups is 1. The van der Waals surface area contributed by atoms with E-state index in [1.165, 1.54) is 5.56 Å². The minimum atomic E-state index is -0.254. The average Bonchev–Trinajstić information content (AvgIpc) is 2.76. The summed E-state index contributed by atoms with van der Waals surface area (Å²) >= 11 is 12.1. The van der Waals surface area contributed by atoms with Gasteiger partial charge in [-0.15, -0.1) is 0 Å². The van der Waals surface area contributed by atoms with Gasteiger partial charge >= 0.3 is 0 Å².